The minimum atomic E-state index is 0.0279. The van der Waals surface area contributed by atoms with Crippen molar-refractivity contribution >= 4 is 23.4 Å². The molecule has 8 heteroatoms. The van der Waals surface area contributed by atoms with Gasteiger partial charge in [0, 0.05) is 36.9 Å². The second-order valence-corrected chi connectivity index (χ2v) is 10.1. The average Bonchev–Trinajstić information content (AvgIpc) is 3.27. The van der Waals surface area contributed by atoms with E-state index in [0.29, 0.717) is 23.2 Å². The maximum absolute atomic E-state index is 12.4. The Kier molecular flexibility index (Phi) is 8.56. The van der Waals surface area contributed by atoms with Crippen LogP contribution in [0.15, 0.2) is 35.5 Å². The highest BCUT2D eigenvalue weighted by molar-refractivity contribution is 7.99. The third kappa shape index (κ3) is 6.16. The Labute approximate surface area is 206 Å². The fourth-order valence-electron chi connectivity index (χ4n) is 4.81. The van der Waals surface area contributed by atoms with E-state index >= 15 is 0 Å². The van der Waals surface area contributed by atoms with Crippen molar-refractivity contribution in [2.45, 2.75) is 70.5 Å². The molecule has 0 aliphatic carbocycles. The molecule has 1 atom stereocenters. The van der Waals surface area contributed by atoms with Crippen LogP contribution in [0.25, 0.3) is 5.78 Å². The van der Waals surface area contributed by atoms with Crippen LogP contribution in [0.1, 0.15) is 61.5 Å². The minimum Gasteiger partial charge on any atom is -0.355 e. The molecule has 1 aliphatic heterocycles. The van der Waals surface area contributed by atoms with E-state index in [1.807, 2.05) is 13.0 Å². The molecule has 0 unspecified atom stereocenters. The minimum absolute atomic E-state index is 0.0279. The molecular weight excluding hydrogens is 444 g/mol. The lowest BCUT2D eigenvalue weighted by Gasteiger charge is -2.35. The van der Waals surface area contributed by atoms with Crippen molar-refractivity contribution in [3.63, 3.8) is 0 Å². The molecule has 3 heterocycles. The Morgan fingerprint density at radius 3 is 2.79 bits per heavy atom. The monoisotopic (exact) mass is 480 g/mol. The van der Waals surface area contributed by atoms with Gasteiger partial charge in [-0.05, 0) is 57.2 Å². The molecule has 1 saturated heterocycles. The first-order valence-electron chi connectivity index (χ1n) is 12.5. The zero-order chi connectivity index (χ0) is 23.9. The largest absolute Gasteiger partial charge is 0.355 e. The number of piperidine rings is 1. The van der Waals surface area contributed by atoms with Gasteiger partial charge >= 0.3 is 0 Å². The van der Waals surface area contributed by atoms with Crippen molar-refractivity contribution in [1.29, 1.82) is 0 Å². The number of carbonyl (C=O) groups is 1. The molecule has 0 spiro atoms. The number of rotatable bonds is 10. The predicted octanol–water partition coefficient (Wildman–Crippen LogP) is 4.19. The lowest BCUT2D eigenvalue weighted by molar-refractivity contribution is -0.118. The van der Waals surface area contributed by atoms with Crippen LogP contribution < -0.4 is 5.32 Å². The third-order valence-electron chi connectivity index (χ3n) is 6.75. The number of hydrogen-bond acceptors (Lipinski definition) is 6. The number of likely N-dealkylation sites (tertiary alicyclic amines) is 1. The van der Waals surface area contributed by atoms with Gasteiger partial charge in [-0.15, -0.1) is 5.10 Å². The van der Waals surface area contributed by atoms with Gasteiger partial charge in [0.1, 0.15) is 0 Å². The molecule has 1 N–H and O–H groups in total. The summed E-state index contributed by atoms with van der Waals surface area (Å²) in [4.78, 5) is 24.2. The number of nitrogens with one attached hydrogen (secondary N) is 1. The Balaban J connectivity index is 1.28. The molecule has 3 aromatic rings. The van der Waals surface area contributed by atoms with E-state index in [-0.39, 0.29) is 5.91 Å². The van der Waals surface area contributed by atoms with Crippen LogP contribution in [-0.4, -0.2) is 61.8 Å². The normalized spacial score (nSPS) is 16.7. The lowest BCUT2D eigenvalue weighted by Crippen LogP contribution is -2.40. The number of nitrogens with zero attached hydrogens (tertiary/aromatic N) is 5. The first-order valence-corrected chi connectivity index (χ1v) is 13.4. The van der Waals surface area contributed by atoms with Gasteiger partial charge in [-0.2, -0.15) is 4.98 Å². The number of aryl methyl sites for hydroxylation is 2. The molecule has 0 radical (unpaired) electrons. The van der Waals surface area contributed by atoms with Gasteiger partial charge in [0.15, 0.2) is 0 Å². The van der Waals surface area contributed by atoms with Crippen molar-refractivity contribution in [1.82, 2.24) is 29.8 Å². The molecule has 182 valence electrons. The van der Waals surface area contributed by atoms with E-state index in [2.05, 4.69) is 63.4 Å². The van der Waals surface area contributed by atoms with Crippen LogP contribution in [0.2, 0.25) is 0 Å². The van der Waals surface area contributed by atoms with Crippen LogP contribution in [0.3, 0.4) is 0 Å². The van der Waals surface area contributed by atoms with Gasteiger partial charge in [0.2, 0.25) is 11.1 Å². The van der Waals surface area contributed by atoms with Gasteiger partial charge in [-0.25, -0.2) is 9.50 Å². The highest BCUT2D eigenvalue weighted by Crippen LogP contribution is 2.21. The summed E-state index contributed by atoms with van der Waals surface area (Å²) in [7, 11) is 0. The number of benzene rings is 1. The molecule has 1 amide bonds. The fraction of sp³-hybridized carbons (Fsp3) is 0.538. The van der Waals surface area contributed by atoms with E-state index in [0.717, 1.165) is 42.4 Å². The summed E-state index contributed by atoms with van der Waals surface area (Å²) in [6.45, 7) is 9.33. The van der Waals surface area contributed by atoms with E-state index in [1.165, 1.54) is 49.6 Å². The van der Waals surface area contributed by atoms with E-state index in [1.54, 1.807) is 4.52 Å². The summed E-state index contributed by atoms with van der Waals surface area (Å²) >= 11 is 1.36. The number of carbonyl (C=O) groups excluding carboxylic acids is 1. The molecule has 1 aromatic carbocycles. The van der Waals surface area contributed by atoms with Gasteiger partial charge in [0.05, 0.1) is 5.75 Å². The second kappa shape index (κ2) is 11.8. The highest BCUT2D eigenvalue weighted by atomic mass is 32.2. The topological polar surface area (TPSA) is 75.4 Å². The molecular formula is C26H36N6OS. The highest BCUT2D eigenvalue weighted by Gasteiger charge is 2.20. The standard InChI is InChI=1S/C26H36N6OS/c1-4-22-13-8-9-15-31(22)16-10-14-27-24(33)18-34-26-29-25-28-19(2)23(20(3)32(25)30-26)17-21-11-6-5-7-12-21/h5-7,11-12,22H,4,8-10,13-18H2,1-3H3,(H,27,33)/t22-/m1/s1. The molecule has 2 aromatic heterocycles. The van der Waals surface area contributed by atoms with E-state index in [9.17, 15) is 4.79 Å². The first kappa shape index (κ1) is 24.7. The SMILES string of the molecule is CC[C@@H]1CCCCN1CCCNC(=O)CSc1nc2nc(C)c(Cc3ccccc3)c(C)n2n1. The summed E-state index contributed by atoms with van der Waals surface area (Å²) in [6.07, 6.45) is 6.98. The van der Waals surface area contributed by atoms with Gasteiger partial charge in [-0.3, -0.25) is 4.79 Å². The molecule has 0 saturated carbocycles. The summed E-state index contributed by atoms with van der Waals surface area (Å²) in [5, 5.41) is 8.26. The second-order valence-electron chi connectivity index (χ2n) is 9.12. The van der Waals surface area contributed by atoms with Crippen LogP contribution in [-0.2, 0) is 11.2 Å². The quantitative estimate of drug-likeness (QED) is 0.346. The zero-order valence-electron chi connectivity index (χ0n) is 20.6. The Bertz CT molecular complexity index is 1100. The molecule has 7 nitrogen and oxygen atoms in total. The van der Waals surface area contributed by atoms with Crippen molar-refractivity contribution in [3.8, 4) is 0 Å². The first-order chi connectivity index (χ1) is 16.5. The Morgan fingerprint density at radius 2 is 2.00 bits per heavy atom. The smallest absolute Gasteiger partial charge is 0.253 e. The number of aromatic nitrogens is 4. The summed E-state index contributed by atoms with van der Waals surface area (Å²) < 4.78 is 1.80. The van der Waals surface area contributed by atoms with Crippen LogP contribution in [0, 0.1) is 13.8 Å². The van der Waals surface area contributed by atoms with Crippen molar-refractivity contribution in [2.75, 3.05) is 25.4 Å². The predicted molar refractivity (Wildman–Crippen MR) is 137 cm³/mol. The third-order valence-corrected chi connectivity index (χ3v) is 7.59. The molecule has 4 rings (SSSR count). The van der Waals surface area contributed by atoms with Crippen molar-refractivity contribution < 1.29 is 4.79 Å². The Morgan fingerprint density at radius 1 is 1.18 bits per heavy atom. The Hall–Kier alpha value is -2.45. The molecule has 0 bridgehead atoms. The number of hydrogen-bond donors (Lipinski definition) is 1. The van der Waals surface area contributed by atoms with Gasteiger partial charge in [0.25, 0.3) is 5.78 Å². The van der Waals surface area contributed by atoms with Gasteiger partial charge < -0.3 is 10.2 Å². The summed E-state index contributed by atoms with van der Waals surface area (Å²) in [5.74, 6) is 0.925. The van der Waals surface area contributed by atoms with Crippen molar-refractivity contribution in [2.24, 2.45) is 0 Å². The average molecular weight is 481 g/mol. The van der Waals surface area contributed by atoms with Crippen LogP contribution in [0.4, 0.5) is 0 Å². The molecule has 1 aliphatic rings. The van der Waals surface area contributed by atoms with Crippen LogP contribution >= 0.6 is 11.8 Å². The molecule has 1 fully saturated rings. The lowest BCUT2D eigenvalue weighted by atomic mass is 10.00. The summed E-state index contributed by atoms with van der Waals surface area (Å²) in [6, 6.07) is 11.1. The van der Waals surface area contributed by atoms with E-state index < -0.39 is 0 Å². The van der Waals surface area contributed by atoms with Gasteiger partial charge in [-0.1, -0.05) is 55.4 Å². The molecule has 34 heavy (non-hydrogen) atoms. The van der Waals surface area contributed by atoms with Crippen LogP contribution in [0.5, 0.6) is 0 Å². The maximum Gasteiger partial charge on any atom is 0.253 e. The zero-order valence-corrected chi connectivity index (χ0v) is 21.4. The van der Waals surface area contributed by atoms with E-state index in [4.69, 9.17) is 0 Å². The maximum atomic E-state index is 12.4. The van der Waals surface area contributed by atoms with Crippen molar-refractivity contribution in [3.05, 3.63) is 52.8 Å². The fourth-order valence-corrected chi connectivity index (χ4v) is 5.46. The number of amides is 1. The number of thioether (sulfide) groups is 1. The number of fused-ring (bicyclic) bond motifs is 1. The summed E-state index contributed by atoms with van der Waals surface area (Å²) in [5.41, 5.74) is 4.41.